The van der Waals surface area contributed by atoms with Crippen molar-refractivity contribution < 1.29 is 19.5 Å². The summed E-state index contributed by atoms with van der Waals surface area (Å²) in [5.74, 6) is 0.214. The average Bonchev–Trinajstić information content (AvgIpc) is 3.36. The van der Waals surface area contributed by atoms with Gasteiger partial charge < -0.3 is 14.6 Å². The minimum Gasteiger partial charge on any atom is -0.383 e. The van der Waals surface area contributed by atoms with E-state index in [-0.39, 0.29) is 17.9 Å². The van der Waals surface area contributed by atoms with Gasteiger partial charge in [-0.3, -0.25) is 14.8 Å². The van der Waals surface area contributed by atoms with E-state index in [9.17, 15) is 14.8 Å². The molecule has 0 unspecified atom stereocenters. The minimum absolute atomic E-state index is 0.0410. The zero-order chi connectivity index (χ0) is 23.0. The van der Waals surface area contributed by atoms with Gasteiger partial charge in [-0.2, -0.15) is 0 Å². The summed E-state index contributed by atoms with van der Waals surface area (Å²) in [7, 11) is 1.64. The van der Waals surface area contributed by atoms with Crippen molar-refractivity contribution in [2.24, 2.45) is 5.41 Å². The summed E-state index contributed by atoms with van der Waals surface area (Å²) < 4.78 is 7.18. The third-order valence-corrected chi connectivity index (χ3v) is 7.00. The topological polar surface area (TPSA) is 96.7 Å². The van der Waals surface area contributed by atoms with E-state index in [1.54, 1.807) is 13.2 Å². The molecule has 0 saturated carbocycles. The molecule has 5 rings (SSSR count). The molecule has 2 heterocycles. The van der Waals surface area contributed by atoms with Crippen LogP contribution in [0.3, 0.4) is 0 Å². The number of carbonyl (C=O) groups excluding carboxylic acids is 2. The number of aryl methyl sites for hydroxylation is 1. The molecule has 1 fully saturated rings. The number of aromatic nitrogens is 2. The van der Waals surface area contributed by atoms with Crippen LogP contribution in [0.2, 0.25) is 0 Å². The van der Waals surface area contributed by atoms with E-state index in [1.165, 1.54) is 5.56 Å². The standard InChI is InChI=1S/C25H28N4O4/c1-33-13-12-28-21-5-3-2-4-20(21)27-22(28)16-29(32)23(30)18-7-6-17-8-9-25(15-19(17)14-18)10-11-26-24(25)31/h2-7,14,32H,8-13,15-16H2,1H3,(H,26,31)/t25-/m1/s1. The Bertz CT molecular complexity index is 1220. The van der Waals surface area contributed by atoms with Crippen LogP contribution in [-0.4, -0.2) is 51.9 Å². The lowest BCUT2D eigenvalue weighted by Crippen LogP contribution is -2.36. The Morgan fingerprint density at radius 2 is 2.09 bits per heavy atom. The van der Waals surface area contributed by atoms with E-state index in [2.05, 4.69) is 10.3 Å². The number of hydrogen-bond acceptors (Lipinski definition) is 5. The first-order valence-corrected chi connectivity index (χ1v) is 11.3. The van der Waals surface area contributed by atoms with Gasteiger partial charge in [0.2, 0.25) is 5.91 Å². The molecule has 172 valence electrons. The van der Waals surface area contributed by atoms with Crippen LogP contribution in [0.4, 0.5) is 0 Å². The summed E-state index contributed by atoms with van der Waals surface area (Å²) in [6, 6.07) is 13.2. The molecule has 1 aliphatic carbocycles. The van der Waals surface area contributed by atoms with Gasteiger partial charge in [0.1, 0.15) is 12.4 Å². The molecule has 2 aromatic carbocycles. The van der Waals surface area contributed by atoms with Gasteiger partial charge in [0, 0.05) is 25.8 Å². The third-order valence-electron chi connectivity index (χ3n) is 7.00. The number of imidazole rings is 1. The van der Waals surface area contributed by atoms with E-state index in [0.717, 1.165) is 35.9 Å². The second kappa shape index (κ2) is 8.61. The first-order valence-electron chi connectivity index (χ1n) is 11.3. The highest BCUT2D eigenvalue weighted by atomic mass is 16.5. The van der Waals surface area contributed by atoms with Crippen molar-refractivity contribution >= 4 is 22.8 Å². The maximum absolute atomic E-state index is 13.1. The minimum atomic E-state index is -0.487. The Kier molecular flexibility index (Phi) is 5.64. The van der Waals surface area contributed by atoms with E-state index in [1.807, 2.05) is 41.0 Å². The molecule has 1 atom stereocenters. The van der Waals surface area contributed by atoms with Gasteiger partial charge in [-0.1, -0.05) is 18.2 Å². The Labute approximate surface area is 192 Å². The molecular formula is C25H28N4O4. The molecule has 33 heavy (non-hydrogen) atoms. The predicted molar refractivity (Wildman–Crippen MR) is 122 cm³/mol. The van der Waals surface area contributed by atoms with Crippen LogP contribution in [-0.2, 0) is 35.5 Å². The van der Waals surface area contributed by atoms with Crippen LogP contribution < -0.4 is 5.32 Å². The van der Waals surface area contributed by atoms with Crippen molar-refractivity contribution in [2.75, 3.05) is 20.3 Å². The molecule has 1 aliphatic heterocycles. The van der Waals surface area contributed by atoms with Crippen LogP contribution in [0.1, 0.15) is 40.2 Å². The second-order valence-corrected chi connectivity index (χ2v) is 8.97. The molecule has 2 N–H and O–H groups in total. The van der Waals surface area contributed by atoms with E-state index in [4.69, 9.17) is 4.74 Å². The molecule has 8 heteroatoms. The summed E-state index contributed by atoms with van der Waals surface area (Å²) in [5.41, 5.74) is 3.97. The van der Waals surface area contributed by atoms with Gasteiger partial charge in [0.15, 0.2) is 0 Å². The molecule has 1 aromatic heterocycles. The van der Waals surface area contributed by atoms with Gasteiger partial charge in [-0.15, -0.1) is 0 Å². The summed E-state index contributed by atoms with van der Waals surface area (Å²) >= 11 is 0. The zero-order valence-corrected chi connectivity index (χ0v) is 18.7. The normalized spacial score (nSPS) is 19.6. The highest BCUT2D eigenvalue weighted by molar-refractivity contribution is 5.94. The maximum Gasteiger partial charge on any atom is 0.277 e. The van der Waals surface area contributed by atoms with Crippen LogP contribution in [0.5, 0.6) is 0 Å². The largest absolute Gasteiger partial charge is 0.383 e. The Morgan fingerprint density at radius 1 is 1.24 bits per heavy atom. The quantitative estimate of drug-likeness (QED) is 0.447. The smallest absolute Gasteiger partial charge is 0.277 e. The first-order chi connectivity index (χ1) is 16.0. The highest BCUT2D eigenvalue weighted by Crippen LogP contribution is 2.41. The molecule has 3 aromatic rings. The number of fused-ring (bicyclic) bond motifs is 2. The number of amides is 2. The van der Waals surface area contributed by atoms with Crippen LogP contribution >= 0.6 is 0 Å². The monoisotopic (exact) mass is 448 g/mol. The third kappa shape index (κ3) is 3.89. The van der Waals surface area contributed by atoms with Gasteiger partial charge in [0.25, 0.3) is 5.91 Å². The maximum atomic E-state index is 13.1. The lowest BCUT2D eigenvalue weighted by atomic mass is 9.70. The number of para-hydroxylation sites is 2. The fourth-order valence-corrected chi connectivity index (χ4v) is 5.15. The van der Waals surface area contributed by atoms with Gasteiger partial charge >= 0.3 is 0 Å². The number of hydrogen-bond donors (Lipinski definition) is 2. The number of benzene rings is 2. The summed E-state index contributed by atoms with van der Waals surface area (Å²) in [4.78, 5) is 30.1. The van der Waals surface area contributed by atoms with E-state index >= 15 is 0 Å². The van der Waals surface area contributed by atoms with Gasteiger partial charge in [0.05, 0.1) is 23.1 Å². The Morgan fingerprint density at radius 3 is 2.88 bits per heavy atom. The number of carbonyl (C=O) groups is 2. The van der Waals surface area contributed by atoms with Gasteiger partial charge in [-0.25, -0.2) is 10.0 Å². The molecule has 0 radical (unpaired) electrons. The van der Waals surface area contributed by atoms with Crippen molar-refractivity contribution in [1.29, 1.82) is 0 Å². The highest BCUT2D eigenvalue weighted by Gasteiger charge is 2.44. The fourth-order valence-electron chi connectivity index (χ4n) is 5.15. The van der Waals surface area contributed by atoms with E-state index in [0.29, 0.717) is 42.6 Å². The number of nitrogens with one attached hydrogen (secondary N) is 1. The summed E-state index contributed by atoms with van der Waals surface area (Å²) in [6.07, 6.45) is 3.12. The number of rotatable bonds is 6. The number of hydroxylamine groups is 2. The van der Waals surface area contributed by atoms with Gasteiger partial charge in [-0.05, 0) is 61.1 Å². The second-order valence-electron chi connectivity index (χ2n) is 8.97. The van der Waals surface area contributed by atoms with Crippen LogP contribution in [0, 0.1) is 5.41 Å². The van der Waals surface area contributed by atoms with Crippen molar-refractivity contribution in [1.82, 2.24) is 19.9 Å². The van der Waals surface area contributed by atoms with E-state index < -0.39 is 5.91 Å². The number of nitrogens with zero attached hydrogens (tertiary/aromatic N) is 3. The fraction of sp³-hybridized carbons (Fsp3) is 0.400. The Balaban J connectivity index is 1.38. The van der Waals surface area contributed by atoms with Crippen molar-refractivity contribution in [3.63, 3.8) is 0 Å². The van der Waals surface area contributed by atoms with Crippen molar-refractivity contribution in [3.8, 4) is 0 Å². The number of ether oxygens (including phenoxy) is 1. The van der Waals surface area contributed by atoms with Crippen molar-refractivity contribution in [2.45, 2.75) is 38.8 Å². The molecule has 8 nitrogen and oxygen atoms in total. The number of methoxy groups -OCH3 is 1. The molecular weight excluding hydrogens is 420 g/mol. The Hall–Kier alpha value is -3.23. The average molecular weight is 449 g/mol. The first kappa shape index (κ1) is 21.6. The molecule has 1 spiro atoms. The van der Waals surface area contributed by atoms with Crippen LogP contribution in [0.15, 0.2) is 42.5 Å². The summed E-state index contributed by atoms with van der Waals surface area (Å²) in [6.45, 7) is 1.73. The predicted octanol–water partition coefficient (Wildman–Crippen LogP) is 2.71. The van der Waals surface area contributed by atoms with Crippen molar-refractivity contribution in [3.05, 3.63) is 65.0 Å². The van der Waals surface area contributed by atoms with Crippen LogP contribution in [0.25, 0.3) is 11.0 Å². The molecule has 0 bridgehead atoms. The zero-order valence-electron chi connectivity index (χ0n) is 18.7. The lowest BCUT2D eigenvalue weighted by molar-refractivity contribution is -0.128. The summed E-state index contributed by atoms with van der Waals surface area (Å²) in [5, 5.41) is 14.4. The molecule has 1 saturated heterocycles. The SMILES string of the molecule is COCCn1c(CN(O)C(=O)c2ccc3c(c2)C[C@]2(CCNC2=O)CC3)nc2ccccc21. The molecule has 2 aliphatic rings. The molecule has 2 amide bonds. The lowest BCUT2D eigenvalue weighted by Gasteiger charge is -2.32.